The molecule has 1 aromatic rings. The number of benzene rings is 1. The molecule has 0 aliphatic heterocycles. The number of aryl methyl sites for hydroxylation is 1. The second kappa shape index (κ2) is 3.23. The van der Waals surface area contributed by atoms with Gasteiger partial charge in [0.25, 0.3) is 0 Å². The van der Waals surface area contributed by atoms with Crippen LogP contribution in [0.3, 0.4) is 0 Å². The molecule has 1 aromatic carbocycles. The molecular weight excluding hydrogens is 168 g/mol. The lowest BCUT2D eigenvalue weighted by molar-refractivity contribution is 0.0697. The van der Waals surface area contributed by atoms with Crippen LogP contribution in [0.2, 0.25) is 0 Å². The lowest BCUT2D eigenvalue weighted by Crippen LogP contribution is -2.01. The molecule has 0 aliphatic rings. The summed E-state index contributed by atoms with van der Waals surface area (Å²) in [5.41, 5.74) is 1.64. The van der Waals surface area contributed by atoms with Gasteiger partial charge in [-0.2, -0.15) is 0 Å². The van der Waals surface area contributed by atoms with Gasteiger partial charge in [-0.3, -0.25) is 0 Å². The van der Waals surface area contributed by atoms with E-state index in [-0.39, 0.29) is 11.3 Å². The molecule has 0 atom stereocenters. The molecule has 66 valence electrons. The molecule has 0 spiro atoms. The number of rotatable bonds is 1. The summed E-state index contributed by atoms with van der Waals surface area (Å²) in [6.45, 7) is 3.50. The number of hydrogen-bond donors (Lipinski definition) is 1. The van der Waals surface area contributed by atoms with Crippen molar-refractivity contribution in [2.75, 3.05) is 0 Å². The standard InChI is InChI=1S/C9H8N2O2/c1-5-3-4-7(11-10)8(6(5)2)9(12)13/h3-4H,1-2H3/p+1. The van der Waals surface area contributed by atoms with Crippen molar-refractivity contribution in [2.45, 2.75) is 13.8 Å². The average molecular weight is 177 g/mol. The maximum absolute atomic E-state index is 10.8. The number of diazo groups is 1. The van der Waals surface area contributed by atoms with Crippen LogP contribution in [0.25, 0.3) is 4.98 Å². The van der Waals surface area contributed by atoms with Crippen molar-refractivity contribution in [3.8, 4) is 0 Å². The van der Waals surface area contributed by atoms with Crippen molar-refractivity contribution in [1.29, 1.82) is 5.39 Å². The van der Waals surface area contributed by atoms with E-state index in [2.05, 4.69) is 4.98 Å². The molecule has 13 heavy (non-hydrogen) atoms. The normalized spacial score (nSPS) is 9.31. The monoisotopic (exact) mass is 177 g/mol. The highest BCUT2D eigenvalue weighted by molar-refractivity contribution is 5.96. The lowest BCUT2D eigenvalue weighted by Gasteiger charge is -2.00. The molecular formula is C9H9N2O2+. The molecule has 0 aromatic heterocycles. The topological polar surface area (TPSA) is 65.5 Å². The van der Waals surface area contributed by atoms with Crippen molar-refractivity contribution in [2.24, 2.45) is 0 Å². The Morgan fingerprint density at radius 1 is 1.46 bits per heavy atom. The summed E-state index contributed by atoms with van der Waals surface area (Å²) in [5, 5.41) is 17.4. The first-order valence-corrected chi connectivity index (χ1v) is 3.76. The number of carboxylic acids is 1. The zero-order valence-electron chi connectivity index (χ0n) is 7.40. The summed E-state index contributed by atoms with van der Waals surface area (Å²) in [7, 11) is 0. The third-order valence-electron chi connectivity index (χ3n) is 2.04. The number of carbonyl (C=O) groups is 1. The highest BCUT2D eigenvalue weighted by atomic mass is 16.4. The van der Waals surface area contributed by atoms with E-state index in [0.29, 0.717) is 5.56 Å². The smallest absolute Gasteiger partial charge is 0.399 e. The van der Waals surface area contributed by atoms with Crippen molar-refractivity contribution in [3.63, 3.8) is 0 Å². The third-order valence-corrected chi connectivity index (χ3v) is 2.04. The SMILES string of the molecule is Cc1ccc([N+]#N)c(C(=O)O)c1C. The molecule has 1 N–H and O–H groups in total. The van der Waals surface area contributed by atoms with Gasteiger partial charge in [0, 0.05) is 6.07 Å². The second-order valence-corrected chi connectivity index (χ2v) is 2.81. The highest BCUT2D eigenvalue weighted by Crippen LogP contribution is 2.24. The molecule has 0 saturated carbocycles. The molecule has 0 saturated heterocycles. The van der Waals surface area contributed by atoms with Crippen molar-refractivity contribution in [1.82, 2.24) is 0 Å². The Morgan fingerprint density at radius 2 is 2.08 bits per heavy atom. The van der Waals surface area contributed by atoms with Gasteiger partial charge in [-0.15, -0.1) is 0 Å². The van der Waals surface area contributed by atoms with E-state index in [1.54, 1.807) is 13.0 Å². The van der Waals surface area contributed by atoms with E-state index >= 15 is 0 Å². The first-order valence-electron chi connectivity index (χ1n) is 3.76. The maximum atomic E-state index is 10.8. The molecule has 0 radical (unpaired) electrons. The number of aromatic carboxylic acids is 1. The van der Waals surface area contributed by atoms with Crippen LogP contribution in [-0.2, 0) is 0 Å². The molecule has 0 bridgehead atoms. The van der Waals surface area contributed by atoms with Gasteiger partial charge >= 0.3 is 11.7 Å². The van der Waals surface area contributed by atoms with Crippen molar-refractivity contribution >= 4 is 11.7 Å². The van der Waals surface area contributed by atoms with E-state index in [1.165, 1.54) is 6.07 Å². The lowest BCUT2D eigenvalue weighted by atomic mass is 10.0. The first-order chi connectivity index (χ1) is 6.07. The predicted molar refractivity (Wildman–Crippen MR) is 47.6 cm³/mol. The molecule has 0 unspecified atom stereocenters. The first kappa shape index (κ1) is 9.20. The molecule has 1 rings (SSSR count). The number of nitrogens with zero attached hydrogens (tertiary/aromatic N) is 2. The zero-order valence-corrected chi connectivity index (χ0v) is 7.40. The van der Waals surface area contributed by atoms with Crippen molar-refractivity contribution < 1.29 is 9.90 Å². The van der Waals surface area contributed by atoms with Gasteiger partial charge in [0.1, 0.15) is 0 Å². The molecule has 0 heterocycles. The van der Waals surface area contributed by atoms with E-state index in [9.17, 15) is 4.79 Å². The second-order valence-electron chi connectivity index (χ2n) is 2.81. The average Bonchev–Trinajstić information content (AvgIpc) is 2.08. The summed E-state index contributed by atoms with van der Waals surface area (Å²) in [4.78, 5) is 13.7. The van der Waals surface area contributed by atoms with Crippen LogP contribution >= 0.6 is 0 Å². The van der Waals surface area contributed by atoms with Crippen LogP contribution in [0.15, 0.2) is 12.1 Å². The van der Waals surface area contributed by atoms with E-state index in [1.807, 2.05) is 6.92 Å². The maximum Gasteiger partial charge on any atom is 0.399 e. The van der Waals surface area contributed by atoms with Gasteiger partial charge in [-0.1, -0.05) is 6.07 Å². The Labute approximate surface area is 75.4 Å². The molecule has 0 aliphatic carbocycles. The molecule has 0 amide bonds. The summed E-state index contributed by atoms with van der Waals surface area (Å²) >= 11 is 0. The fourth-order valence-electron chi connectivity index (χ4n) is 1.15. The van der Waals surface area contributed by atoms with Gasteiger partial charge in [0.15, 0.2) is 10.5 Å². The molecule has 4 nitrogen and oxygen atoms in total. The fraction of sp³-hybridized carbons (Fsp3) is 0.222. The fourth-order valence-corrected chi connectivity index (χ4v) is 1.15. The van der Waals surface area contributed by atoms with Gasteiger partial charge < -0.3 is 5.11 Å². The van der Waals surface area contributed by atoms with E-state index < -0.39 is 5.97 Å². The van der Waals surface area contributed by atoms with Gasteiger partial charge in [0.2, 0.25) is 5.39 Å². The van der Waals surface area contributed by atoms with Crippen LogP contribution in [0, 0.1) is 19.2 Å². The quantitative estimate of drug-likeness (QED) is 0.670. The van der Waals surface area contributed by atoms with E-state index in [0.717, 1.165) is 5.56 Å². The third kappa shape index (κ3) is 1.49. The van der Waals surface area contributed by atoms with Crippen molar-refractivity contribution in [3.05, 3.63) is 33.8 Å². The van der Waals surface area contributed by atoms with Crippen LogP contribution in [0.5, 0.6) is 0 Å². The number of hydrogen-bond acceptors (Lipinski definition) is 2. The largest absolute Gasteiger partial charge is 0.477 e. The Hall–Kier alpha value is -1.89. The number of carboxylic acid groups (broad SMARTS) is 1. The minimum Gasteiger partial charge on any atom is -0.477 e. The zero-order chi connectivity index (χ0) is 10.0. The van der Waals surface area contributed by atoms with Gasteiger partial charge in [0.05, 0.1) is 0 Å². The van der Waals surface area contributed by atoms with Gasteiger partial charge in [-0.05, 0) is 25.0 Å². The van der Waals surface area contributed by atoms with Crippen LogP contribution in [0.1, 0.15) is 21.5 Å². The summed E-state index contributed by atoms with van der Waals surface area (Å²) in [5.74, 6) is -1.08. The minimum atomic E-state index is -1.08. The Kier molecular flexibility index (Phi) is 2.29. The van der Waals surface area contributed by atoms with Crippen LogP contribution < -0.4 is 0 Å². The Morgan fingerprint density at radius 3 is 2.54 bits per heavy atom. The van der Waals surface area contributed by atoms with Crippen LogP contribution in [-0.4, -0.2) is 11.1 Å². The molecule has 4 heteroatoms. The Bertz CT molecular complexity index is 405. The predicted octanol–water partition coefficient (Wildman–Crippen LogP) is 2.49. The van der Waals surface area contributed by atoms with E-state index in [4.69, 9.17) is 10.5 Å². The minimum absolute atomic E-state index is 0.0579. The molecule has 0 fully saturated rings. The Balaban J connectivity index is 3.53. The summed E-state index contributed by atoms with van der Waals surface area (Å²) in [6.07, 6.45) is 0. The summed E-state index contributed by atoms with van der Waals surface area (Å²) < 4.78 is 0. The summed E-state index contributed by atoms with van der Waals surface area (Å²) in [6, 6.07) is 3.20. The highest BCUT2D eigenvalue weighted by Gasteiger charge is 2.23. The van der Waals surface area contributed by atoms with Crippen LogP contribution in [0.4, 0.5) is 5.69 Å². The van der Waals surface area contributed by atoms with Gasteiger partial charge in [-0.25, -0.2) is 4.79 Å².